The van der Waals surface area contributed by atoms with E-state index in [0.29, 0.717) is 26.0 Å². The van der Waals surface area contributed by atoms with Gasteiger partial charge in [-0.1, -0.05) is 0 Å². The third kappa shape index (κ3) is 5.37. The maximum Gasteiger partial charge on any atom is 0.410 e. The molecule has 5 nitrogen and oxygen atoms in total. The summed E-state index contributed by atoms with van der Waals surface area (Å²) in [6, 6.07) is 0. The number of hydrogen-bond acceptors (Lipinski definition) is 4. The molecule has 100 valence electrons. The number of aliphatic hydroxyl groups excluding tert-OH is 1. The van der Waals surface area contributed by atoms with E-state index in [1.54, 1.807) is 7.05 Å². The minimum atomic E-state index is -0.468. The van der Waals surface area contributed by atoms with E-state index in [1.165, 1.54) is 4.90 Å². The van der Waals surface area contributed by atoms with Crippen molar-refractivity contribution < 1.29 is 19.4 Å². The number of ether oxygens (including phenoxy) is 2. The van der Waals surface area contributed by atoms with Crippen LogP contribution in [0.3, 0.4) is 0 Å². The van der Waals surface area contributed by atoms with Gasteiger partial charge in [-0.2, -0.15) is 0 Å². The third-order valence-corrected chi connectivity index (χ3v) is 2.56. The summed E-state index contributed by atoms with van der Waals surface area (Å²) in [5.41, 5.74) is -0.468. The van der Waals surface area contributed by atoms with E-state index in [0.717, 1.165) is 0 Å². The van der Waals surface area contributed by atoms with Gasteiger partial charge in [-0.3, -0.25) is 0 Å². The Hall–Kier alpha value is -0.810. The van der Waals surface area contributed by atoms with E-state index in [2.05, 4.69) is 0 Å². The van der Waals surface area contributed by atoms with Gasteiger partial charge in [0.15, 0.2) is 0 Å². The summed E-state index contributed by atoms with van der Waals surface area (Å²) >= 11 is 0. The van der Waals surface area contributed by atoms with Gasteiger partial charge in [-0.05, 0) is 33.6 Å². The van der Waals surface area contributed by atoms with Crippen LogP contribution in [0.15, 0.2) is 0 Å². The average Bonchev–Trinajstić information content (AvgIpc) is 2.11. The molecule has 0 saturated heterocycles. The Labute approximate surface area is 103 Å². The van der Waals surface area contributed by atoms with Crippen molar-refractivity contribution >= 4 is 6.09 Å². The largest absolute Gasteiger partial charge is 0.444 e. The minimum Gasteiger partial charge on any atom is -0.444 e. The van der Waals surface area contributed by atoms with Gasteiger partial charge in [0.1, 0.15) is 5.60 Å². The quantitative estimate of drug-likeness (QED) is 0.813. The Bertz CT molecular complexity index is 256. The number of likely N-dealkylation sites (N-methyl/N-ethyl adjacent to an activating group) is 1. The third-order valence-electron chi connectivity index (χ3n) is 2.56. The Morgan fingerprint density at radius 2 is 2.00 bits per heavy atom. The standard InChI is InChI=1S/C12H23NO4/c1-12(2,3)17-11(15)13(4)5-6-16-10-7-9(14)8-10/h9-10,14H,5-8H2,1-4H3. The molecule has 0 radical (unpaired) electrons. The molecule has 0 bridgehead atoms. The van der Waals surface area contributed by atoms with Gasteiger partial charge in [0.25, 0.3) is 0 Å². The molecule has 0 spiro atoms. The van der Waals surface area contributed by atoms with E-state index >= 15 is 0 Å². The summed E-state index contributed by atoms with van der Waals surface area (Å²) in [7, 11) is 1.69. The fourth-order valence-electron chi connectivity index (χ4n) is 1.46. The molecule has 0 aromatic carbocycles. The van der Waals surface area contributed by atoms with Crippen LogP contribution in [0, 0.1) is 0 Å². The van der Waals surface area contributed by atoms with Crippen LogP contribution in [0.1, 0.15) is 33.6 Å². The molecule has 0 aromatic heterocycles. The van der Waals surface area contributed by atoms with E-state index in [1.807, 2.05) is 20.8 Å². The lowest BCUT2D eigenvalue weighted by Gasteiger charge is -2.32. The Morgan fingerprint density at radius 1 is 1.41 bits per heavy atom. The van der Waals surface area contributed by atoms with Crippen LogP contribution in [0.4, 0.5) is 4.79 Å². The number of rotatable bonds is 4. The molecule has 1 aliphatic rings. The summed E-state index contributed by atoms with van der Waals surface area (Å²) < 4.78 is 10.7. The zero-order valence-electron chi connectivity index (χ0n) is 11.1. The predicted octanol–water partition coefficient (Wildman–Crippen LogP) is 1.39. The maximum absolute atomic E-state index is 11.6. The van der Waals surface area contributed by atoms with Crippen molar-refractivity contribution in [3.8, 4) is 0 Å². The number of carbonyl (C=O) groups excluding carboxylic acids is 1. The molecule has 0 heterocycles. The summed E-state index contributed by atoms with van der Waals surface area (Å²) in [4.78, 5) is 13.1. The van der Waals surface area contributed by atoms with Crippen molar-refractivity contribution in [2.24, 2.45) is 0 Å². The molecular formula is C12H23NO4. The zero-order chi connectivity index (χ0) is 13.1. The highest BCUT2D eigenvalue weighted by Crippen LogP contribution is 2.22. The highest BCUT2D eigenvalue weighted by Gasteiger charge is 2.28. The first kappa shape index (κ1) is 14.3. The number of nitrogens with zero attached hydrogens (tertiary/aromatic N) is 1. The molecule has 17 heavy (non-hydrogen) atoms. The smallest absolute Gasteiger partial charge is 0.410 e. The number of carbonyl (C=O) groups is 1. The molecule has 1 amide bonds. The van der Waals surface area contributed by atoms with Crippen LogP contribution in [0.25, 0.3) is 0 Å². The topological polar surface area (TPSA) is 59.0 Å². The van der Waals surface area contributed by atoms with Crippen molar-refractivity contribution in [3.05, 3.63) is 0 Å². The molecule has 1 saturated carbocycles. The van der Waals surface area contributed by atoms with Crippen molar-refractivity contribution in [3.63, 3.8) is 0 Å². The summed E-state index contributed by atoms with van der Waals surface area (Å²) in [5, 5.41) is 9.08. The Morgan fingerprint density at radius 3 is 2.47 bits per heavy atom. The van der Waals surface area contributed by atoms with Gasteiger partial charge in [0.2, 0.25) is 0 Å². The lowest BCUT2D eigenvalue weighted by Crippen LogP contribution is -2.39. The van der Waals surface area contributed by atoms with Gasteiger partial charge in [-0.15, -0.1) is 0 Å². The highest BCUT2D eigenvalue weighted by atomic mass is 16.6. The monoisotopic (exact) mass is 245 g/mol. The SMILES string of the molecule is CN(CCOC1CC(O)C1)C(=O)OC(C)(C)C. The van der Waals surface area contributed by atoms with E-state index in [9.17, 15) is 4.79 Å². The van der Waals surface area contributed by atoms with Gasteiger partial charge in [0, 0.05) is 13.6 Å². The second-order valence-electron chi connectivity index (χ2n) is 5.52. The van der Waals surface area contributed by atoms with Gasteiger partial charge >= 0.3 is 6.09 Å². The fraction of sp³-hybridized carbons (Fsp3) is 0.917. The molecule has 0 aliphatic heterocycles. The zero-order valence-corrected chi connectivity index (χ0v) is 11.1. The van der Waals surface area contributed by atoms with Crippen molar-refractivity contribution in [1.29, 1.82) is 0 Å². The number of aliphatic hydroxyl groups is 1. The molecule has 1 rings (SSSR count). The lowest BCUT2D eigenvalue weighted by molar-refractivity contribution is -0.0741. The minimum absolute atomic E-state index is 0.150. The number of amides is 1. The van der Waals surface area contributed by atoms with Crippen molar-refractivity contribution in [2.45, 2.75) is 51.4 Å². The molecule has 0 unspecified atom stereocenters. The van der Waals surface area contributed by atoms with Crippen LogP contribution < -0.4 is 0 Å². The Kier molecular flexibility index (Phi) is 4.77. The summed E-state index contributed by atoms with van der Waals surface area (Å²) in [6.07, 6.45) is 1.02. The molecule has 0 aromatic rings. The normalized spacial score (nSPS) is 24.1. The molecule has 5 heteroatoms. The number of hydrogen-bond donors (Lipinski definition) is 1. The Balaban J connectivity index is 2.12. The molecule has 0 atom stereocenters. The van der Waals surface area contributed by atoms with E-state index < -0.39 is 5.60 Å². The van der Waals surface area contributed by atoms with E-state index in [-0.39, 0.29) is 18.3 Å². The van der Waals surface area contributed by atoms with E-state index in [4.69, 9.17) is 14.6 Å². The summed E-state index contributed by atoms with van der Waals surface area (Å²) in [6.45, 7) is 6.50. The van der Waals surface area contributed by atoms with Gasteiger partial charge in [0.05, 0.1) is 18.8 Å². The average molecular weight is 245 g/mol. The highest BCUT2D eigenvalue weighted by molar-refractivity contribution is 5.67. The van der Waals surface area contributed by atoms with Crippen LogP contribution >= 0.6 is 0 Å². The molecule has 1 N–H and O–H groups in total. The van der Waals surface area contributed by atoms with Gasteiger partial charge < -0.3 is 19.5 Å². The summed E-state index contributed by atoms with van der Waals surface area (Å²) in [5.74, 6) is 0. The van der Waals surface area contributed by atoms with Gasteiger partial charge in [-0.25, -0.2) is 4.79 Å². The van der Waals surface area contributed by atoms with Crippen LogP contribution in [0.5, 0.6) is 0 Å². The molecule has 1 aliphatic carbocycles. The maximum atomic E-state index is 11.6. The fourth-order valence-corrected chi connectivity index (χ4v) is 1.46. The molecule has 1 fully saturated rings. The first-order valence-electron chi connectivity index (χ1n) is 6.01. The first-order chi connectivity index (χ1) is 7.78. The lowest BCUT2D eigenvalue weighted by atomic mass is 9.92. The van der Waals surface area contributed by atoms with Crippen molar-refractivity contribution in [2.75, 3.05) is 20.2 Å². The predicted molar refractivity (Wildman–Crippen MR) is 63.8 cm³/mol. The second kappa shape index (κ2) is 5.69. The van der Waals surface area contributed by atoms with Crippen molar-refractivity contribution in [1.82, 2.24) is 4.90 Å². The molecular weight excluding hydrogens is 222 g/mol. The first-order valence-corrected chi connectivity index (χ1v) is 6.01. The van der Waals surface area contributed by atoms with Crippen LogP contribution in [-0.2, 0) is 9.47 Å². The second-order valence-corrected chi connectivity index (χ2v) is 5.52. The van der Waals surface area contributed by atoms with Crippen LogP contribution in [0.2, 0.25) is 0 Å². The van der Waals surface area contributed by atoms with Crippen LogP contribution in [-0.4, -0.2) is 54.1 Å².